The van der Waals surface area contributed by atoms with Crippen molar-refractivity contribution >= 4 is 27.5 Å². The molecule has 0 bridgehead atoms. The first-order valence-electron chi connectivity index (χ1n) is 9.57. The number of piperidine rings is 1. The number of fused-ring (bicyclic) bond motifs is 1. The topological polar surface area (TPSA) is 61.9 Å². The Balaban J connectivity index is 1.45. The van der Waals surface area contributed by atoms with Gasteiger partial charge in [0, 0.05) is 12.1 Å². The molecule has 0 saturated carbocycles. The van der Waals surface area contributed by atoms with E-state index in [9.17, 15) is 4.79 Å². The van der Waals surface area contributed by atoms with Crippen molar-refractivity contribution in [2.24, 2.45) is 0 Å². The fourth-order valence-corrected chi connectivity index (χ4v) is 4.92. The molecule has 1 fully saturated rings. The number of likely N-dealkylation sites (tertiary alicyclic amines) is 1. The van der Waals surface area contributed by atoms with E-state index in [0.29, 0.717) is 5.69 Å². The summed E-state index contributed by atoms with van der Waals surface area (Å²) in [7, 11) is 0. The molecular weight excluding hydrogens is 368 g/mol. The van der Waals surface area contributed by atoms with Crippen LogP contribution in [0.1, 0.15) is 40.8 Å². The smallest absolute Gasteiger partial charge is 0.272 e. The summed E-state index contributed by atoms with van der Waals surface area (Å²) in [5.41, 5.74) is 3.33. The average Bonchev–Trinajstić information content (AvgIpc) is 3.41. The number of carbonyl (C=O) groups is 1. The molecule has 28 heavy (non-hydrogen) atoms. The zero-order chi connectivity index (χ0) is 18.9. The standard InChI is InChI=1S/C22H20N4OS/c27-22(18-14-17(24-25-18)15-8-2-1-3-9-15)26-13-7-6-11-19(26)21-23-16-10-4-5-12-20(16)28-21/h1-5,8-10,12,14,19H,6-7,11,13H2,(H,24,25). The van der Waals surface area contributed by atoms with Crippen LogP contribution in [0.3, 0.4) is 0 Å². The predicted octanol–water partition coefficient (Wildman–Crippen LogP) is 5.05. The van der Waals surface area contributed by atoms with Crippen LogP contribution in [0.4, 0.5) is 0 Å². The van der Waals surface area contributed by atoms with Gasteiger partial charge in [-0.15, -0.1) is 11.3 Å². The van der Waals surface area contributed by atoms with Crippen molar-refractivity contribution in [3.05, 3.63) is 71.4 Å². The Labute approximate surface area is 167 Å². The van der Waals surface area contributed by atoms with Gasteiger partial charge in [0.25, 0.3) is 5.91 Å². The monoisotopic (exact) mass is 388 g/mol. The van der Waals surface area contributed by atoms with Crippen molar-refractivity contribution < 1.29 is 4.79 Å². The lowest BCUT2D eigenvalue weighted by molar-refractivity contribution is 0.0605. The van der Waals surface area contributed by atoms with Crippen LogP contribution >= 0.6 is 11.3 Å². The molecule has 1 saturated heterocycles. The minimum Gasteiger partial charge on any atom is -0.328 e. The summed E-state index contributed by atoms with van der Waals surface area (Å²) in [4.78, 5) is 20.1. The summed E-state index contributed by atoms with van der Waals surface area (Å²) in [6.45, 7) is 0.749. The molecule has 3 heterocycles. The lowest BCUT2D eigenvalue weighted by Crippen LogP contribution is -2.38. The number of hydrogen-bond acceptors (Lipinski definition) is 4. The van der Waals surface area contributed by atoms with Crippen molar-refractivity contribution in [1.29, 1.82) is 0 Å². The van der Waals surface area contributed by atoms with E-state index >= 15 is 0 Å². The Morgan fingerprint density at radius 2 is 1.89 bits per heavy atom. The van der Waals surface area contributed by atoms with E-state index in [1.165, 1.54) is 4.70 Å². The van der Waals surface area contributed by atoms with Crippen LogP contribution in [0.25, 0.3) is 21.5 Å². The number of rotatable bonds is 3. The van der Waals surface area contributed by atoms with Gasteiger partial charge in [-0.3, -0.25) is 9.89 Å². The maximum absolute atomic E-state index is 13.3. The van der Waals surface area contributed by atoms with Crippen LogP contribution in [-0.2, 0) is 0 Å². The third-order valence-electron chi connectivity index (χ3n) is 5.24. The van der Waals surface area contributed by atoms with Gasteiger partial charge in [-0.05, 0) is 37.5 Å². The van der Waals surface area contributed by atoms with Gasteiger partial charge < -0.3 is 4.90 Å². The molecule has 1 unspecified atom stereocenters. The van der Waals surface area contributed by atoms with Gasteiger partial charge in [-0.2, -0.15) is 5.10 Å². The Bertz CT molecular complexity index is 1080. The predicted molar refractivity (Wildman–Crippen MR) is 111 cm³/mol. The molecule has 5 nitrogen and oxygen atoms in total. The number of para-hydroxylation sites is 1. The van der Waals surface area contributed by atoms with Crippen LogP contribution in [0.5, 0.6) is 0 Å². The first-order valence-corrected chi connectivity index (χ1v) is 10.4. The third kappa shape index (κ3) is 3.10. The molecule has 1 aliphatic heterocycles. The molecule has 2 aromatic heterocycles. The highest BCUT2D eigenvalue weighted by molar-refractivity contribution is 7.18. The van der Waals surface area contributed by atoms with E-state index in [-0.39, 0.29) is 11.9 Å². The summed E-state index contributed by atoms with van der Waals surface area (Å²) >= 11 is 1.69. The quantitative estimate of drug-likeness (QED) is 0.534. The second-order valence-electron chi connectivity index (χ2n) is 7.06. The van der Waals surface area contributed by atoms with Gasteiger partial charge in [0.1, 0.15) is 10.7 Å². The van der Waals surface area contributed by atoms with Gasteiger partial charge >= 0.3 is 0 Å². The zero-order valence-electron chi connectivity index (χ0n) is 15.3. The molecule has 4 aromatic rings. The van der Waals surface area contributed by atoms with Crippen LogP contribution in [0.2, 0.25) is 0 Å². The number of amides is 1. The maximum Gasteiger partial charge on any atom is 0.272 e. The number of benzene rings is 2. The summed E-state index contributed by atoms with van der Waals surface area (Å²) in [6.07, 6.45) is 3.08. The second kappa shape index (κ2) is 7.20. The summed E-state index contributed by atoms with van der Waals surface area (Å²) in [5, 5.41) is 8.32. The Morgan fingerprint density at radius 1 is 1.07 bits per heavy atom. The Morgan fingerprint density at radius 3 is 2.75 bits per heavy atom. The summed E-state index contributed by atoms with van der Waals surface area (Å²) < 4.78 is 1.17. The zero-order valence-corrected chi connectivity index (χ0v) is 16.2. The van der Waals surface area contributed by atoms with Crippen molar-refractivity contribution in [3.63, 3.8) is 0 Å². The van der Waals surface area contributed by atoms with Gasteiger partial charge in [0.05, 0.1) is 22.0 Å². The molecule has 0 spiro atoms. The van der Waals surface area contributed by atoms with Gasteiger partial charge in [0.15, 0.2) is 0 Å². The maximum atomic E-state index is 13.3. The molecule has 1 atom stereocenters. The van der Waals surface area contributed by atoms with Gasteiger partial charge in [-0.1, -0.05) is 42.5 Å². The number of nitrogens with one attached hydrogen (secondary N) is 1. The summed E-state index contributed by atoms with van der Waals surface area (Å²) in [5.74, 6) is -0.00126. The van der Waals surface area contributed by atoms with Crippen LogP contribution < -0.4 is 0 Å². The van der Waals surface area contributed by atoms with E-state index in [1.807, 2.05) is 59.5 Å². The lowest BCUT2D eigenvalue weighted by atomic mass is 10.0. The highest BCUT2D eigenvalue weighted by Crippen LogP contribution is 2.36. The van der Waals surface area contributed by atoms with Crippen LogP contribution in [0.15, 0.2) is 60.7 Å². The first kappa shape index (κ1) is 17.1. The Hall–Kier alpha value is -2.99. The molecule has 1 amide bonds. The molecule has 6 heteroatoms. The number of H-pyrrole nitrogens is 1. The molecular formula is C22H20N4OS. The summed E-state index contributed by atoms with van der Waals surface area (Å²) in [6, 6.07) is 19.9. The minimum atomic E-state index is -0.00126. The van der Waals surface area contributed by atoms with Crippen LogP contribution in [0, 0.1) is 0 Å². The highest BCUT2D eigenvalue weighted by Gasteiger charge is 2.31. The van der Waals surface area contributed by atoms with E-state index < -0.39 is 0 Å². The van der Waals surface area contributed by atoms with E-state index in [1.54, 1.807) is 11.3 Å². The van der Waals surface area contributed by atoms with Crippen molar-refractivity contribution in [2.75, 3.05) is 6.54 Å². The van der Waals surface area contributed by atoms with E-state index in [0.717, 1.165) is 47.6 Å². The number of aromatic amines is 1. The van der Waals surface area contributed by atoms with Crippen molar-refractivity contribution in [3.8, 4) is 11.3 Å². The number of thiazole rings is 1. The molecule has 2 aromatic carbocycles. The second-order valence-corrected chi connectivity index (χ2v) is 8.13. The average molecular weight is 388 g/mol. The fraction of sp³-hybridized carbons (Fsp3) is 0.227. The molecule has 5 rings (SSSR count). The van der Waals surface area contributed by atoms with Crippen LogP contribution in [-0.4, -0.2) is 32.5 Å². The Kier molecular flexibility index (Phi) is 4.41. The lowest BCUT2D eigenvalue weighted by Gasteiger charge is -2.34. The largest absolute Gasteiger partial charge is 0.328 e. The van der Waals surface area contributed by atoms with Gasteiger partial charge in [-0.25, -0.2) is 4.98 Å². The molecule has 1 N–H and O–H groups in total. The fourth-order valence-electron chi connectivity index (χ4n) is 3.81. The normalized spacial score (nSPS) is 17.1. The SMILES string of the molecule is O=C(c1cc(-c2ccccc2)n[nH]1)N1CCCCC1c1nc2ccccc2s1. The number of nitrogens with zero attached hydrogens (tertiary/aromatic N) is 3. The number of carbonyl (C=O) groups excluding carboxylic acids is 1. The van der Waals surface area contributed by atoms with E-state index in [4.69, 9.17) is 4.98 Å². The number of aromatic nitrogens is 3. The molecule has 140 valence electrons. The molecule has 0 radical (unpaired) electrons. The third-order valence-corrected chi connectivity index (χ3v) is 6.37. The number of hydrogen-bond donors (Lipinski definition) is 1. The molecule has 1 aliphatic rings. The van der Waals surface area contributed by atoms with Crippen molar-refractivity contribution in [1.82, 2.24) is 20.1 Å². The van der Waals surface area contributed by atoms with E-state index in [2.05, 4.69) is 16.3 Å². The highest BCUT2D eigenvalue weighted by atomic mass is 32.1. The first-order chi connectivity index (χ1) is 13.8. The molecule has 0 aliphatic carbocycles. The minimum absolute atomic E-state index is 0.00126. The van der Waals surface area contributed by atoms with Gasteiger partial charge in [0.2, 0.25) is 0 Å². The van der Waals surface area contributed by atoms with Crippen molar-refractivity contribution in [2.45, 2.75) is 25.3 Å².